The molecule has 1 fully saturated rings. The van der Waals surface area contributed by atoms with Crippen LogP contribution in [0.25, 0.3) is 22.4 Å². The number of rotatable bonds is 3. The summed E-state index contributed by atoms with van der Waals surface area (Å²) >= 11 is 0. The van der Waals surface area contributed by atoms with Gasteiger partial charge in [0.1, 0.15) is 5.60 Å². The molecule has 0 bridgehead atoms. The number of benzene rings is 1. The van der Waals surface area contributed by atoms with Gasteiger partial charge in [-0.05, 0) is 51.7 Å². The molecular weight excluding hydrogens is 384 g/mol. The molecule has 2 aromatic heterocycles. The summed E-state index contributed by atoms with van der Waals surface area (Å²) in [5, 5.41) is 9.34. The molecular formula is C22H28N4O4. The Balaban J connectivity index is 1.44. The molecule has 0 saturated carbocycles. The predicted octanol–water partition coefficient (Wildman–Crippen LogP) is 5.12. The lowest BCUT2D eigenvalue weighted by atomic mass is 9.97. The number of aromatic nitrogens is 3. The van der Waals surface area contributed by atoms with Gasteiger partial charge >= 0.3 is 6.09 Å². The molecule has 1 aromatic carbocycles. The van der Waals surface area contributed by atoms with Gasteiger partial charge in [-0.1, -0.05) is 30.2 Å². The van der Waals surface area contributed by atoms with Crippen molar-refractivity contribution in [2.45, 2.75) is 64.9 Å². The molecule has 3 heterocycles. The highest BCUT2D eigenvalue weighted by Crippen LogP contribution is 2.31. The number of ether oxygens (including phenoxy) is 1. The predicted molar refractivity (Wildman–Crippen MR) is 111 cm³/mol. The molecule has 0 aliphatic carbocycles. The maximum atomic E-state index is 12.2. The fourth-order valence-electron chi connectivity index (χ4n) is 3.67. The van der Waals surface area contributed by atoms with Crippen LogP contribution in [-0.2, 0) is 4.74 Å². The highest BCUT2D eigenvalue weighted by Gasteiger charge is 2.30. The molecule has 0 N–H and O–H groups in total. The molecule has 8 nitrogen and oxygen atoms in total. The topological polar surface area (TPSA) is 94.5 Å². The average Bonchev–Trinajstić information content (AvgIpc) is 3.33. The maximum Gasteiger partial charge on any atom is 0.410 e. The number of hydrogen-bond acceptors (Lipinski definition) is 7. The third-order valence-electron chi connectivity index (χ3n) is 5.24. The molecule has 0 spiro atoms. The van der Waals surface area contributed by atoms with Crippen molar-refractivity contribution in [2.75, 3.05) is 13.1 Å². The molecule has 30 heavy (non-hydrogen) atoms. The van der Waals surface area contributed by atoms with Crippen LogP contribution in [0.3, 0.4) is 0 Å². The summed E-state index contributed by atoms with van der Waals surface area (Å²) in [5.74, 6) is 1.56. The van der Waals surface area contributed by atoms with Crippen molar-refractivity contribution in [3.63, 3.8) is 0 Å². The van der Waals surface area contributed by atoms with Crippen molar-refractivity contribution in [3.05, 3.63) is 29.8 Å². The van der Waals surface area contributed by atoms with Crippen LogP contribution >= 0.6 is 0 Å². The molecule has 0 radical (unpaired) electrons. The summed E-state index contributed by atoms with van der Waals surface area (Å²) in [5.41, 5.74) is 2.00. The summed E-state index contributed by atoms with van der Waals surface area (Å²) in [6.45, 7) is 11.0. The van der Waals surface area contributed by atoms with Gasteiger partial charge in [0.2, 0.25) is 11.7 Å². The van der Waals surface area contributed by atoms with Crippen LogP contribution in [0.15, 0.2) is 27.2 Å². The van der Waals surface area contributed by atoms with E-state index in [0.29, 0.717) is 36.3 Å². The van der Waals surface area contributed by atoms with Gasteiger partial charge in [0.15, 0.2) is 5.58 Å². The van der Waals surface area contributed by atoms with Crippen LogP contribution < -0.4 is 0 Å². The van der Waals surface area contributed by atoms with Crippen LogP contribution in [0.2, 0.25) is 0 Å². The lowest BCUT2D eigenvalue weighted by Crippen LogP contribution is -2.41. The molecule has 8 heteroatoms. The lowest BCUT2D eigenvalue weighted by Gasteiger charge is -2.32. The maximum absolute atomic E-state index is 12.2. The molecule has 3 aromatic rings. The normalized spacial score (nSPS) is 15.9. The van der Waals surface area contributed by atoms with Crippen molar-refractivity contribution in [3.8, 4) is 11.4 Å². The molecule has 4 rings (SSSR count). The Kier molecular flexibility index (Phi) is 5.26. The van der Waals surface area contributed by atoms with E-state index in [-0.39, 0.29) is 12.0 Å². The zero-order valence-corrected chi connectivity index (χ0v) is 18.1. The van der Waals surface area contributed by atoms with E-state index in [1.54, 1.807) is 4.90 Å². The Morgan fingerprint density at radius 2 is 1.90 bits per heavy atom. The first kappa shape index (κ1) is 20.4. The second kappa shape index (κ2) is 7.74. The van der Waals surface area contributed by atoms with Crippen molar-refractivity contribution < 1.29 is 18.6 Å². The SMILES string of the molecule is CC(C)c1noc2cc(-c3noc(C4CCN(C(=O)OC(C)(C)C)CC4)n3)ccc12. The Hall–Kier alpha value is -2.90. The Morgan fingerprint density at radius 3 is 2.57 bits per heavy atom. The fraction of sp³-hybridized carbons (Fsp3) is 0.545. The molecule has 160 valence electrons. The van der Waals surface area contributed by atoms with E-state index >= 15 is 0 Å². The van der Waals surface area contributed by atoms with E-state index in [9.17, 15) is 4.79 Å². The molecule has 1 amide bonds. The third kappa shape index (κ3) is 4.17. The van der Waals surface area contributed by atoms with Crippen LogP contribution in [0.5, 0.6) is 0 Å². The van der Waals surface area contributed by atoms with E-state index in [0.717, 1.165) is 29.5 Å². The van der Waals surface area contributed by atoms with E-state index in [4.69, 9.17) is 13.8 Å². The first-order chi connectivity index (χ1) is 14.2. The molecule has 1 saturated heterocycles. The lowest BCUT2D eigenvalue weighted by molar-refractivity contribution is 0.0198. The van der Waals surface area contributed by atoms with Crippen LogP contribution in [0, 0.1) is 0 Å². The zero-order valence-electron chi connectivity index (χ0n) is 18.1. The van der Waals surface area contributed by atoms with E-state index in [2.05, 4.69) is 29.1 Å². The monoisotopic (exact) mass is 412 g/mol. The highest BCUT2D eigenvalue weighted by molar-refractivity contribution is 5.84. The Morgan fingerprint density at radius 1 is 1.17 bits per heavy atom. The molecule has 1 aliphatic rings. The van der Waals surface area contributed by atoms with Gasteiger partial charge < -0.3 is 18.7 Å². The van der Waals surface area contributed by atoms with Gasteiger partial charge in [-0.3, -0.25) is 0 Å². The van der Waals surface area contributed by atoms with Gasteiger partial charge in [-0.15, -0.1) is 0 Å². The minimum atomic E-state index is -0.490. The van der Waals surface area contributed by atoms with Gasteiger partial charge in [-0.2, -0.15) is 4.98 Å². The molecule has 1 aliphatic heterocycles. The van der Waals surface area contributed by atoms with E-state index < -0.39 is 5.60 Å². The largest absolute Gasteiger partial charge is 0.444 e. The van der Waals surface area contributed by atoms with Gasteiger partial charge in [0, 0.05) is 30.0 Å². The van der Waals surface area contributed by atoms with Gasteiger partial charge in [0.25, 0.3) is 0 Å². The number of fused-ring (bicyclic) bond motifs is 1. The zero-order chi connectivity index (χ0) is 21.5. The molecule has 0 unspecified atom stereocenters. The van der Waals surface area contributed by atoms with Gasteiger partial charge in [-0.25, -0.2) is 4.79 Å². The first-order valence-electron chi connectivity index (χ1n) is 10.4. The number of carbonyl (C=O) groups excluding carboxylic acids is 1. The van der Waals surface area contributed by atoms with Crippen molar-refractivity contribution in [1.82, 2.24) is 20.2 Å². The average molecular weight is 412 g/mol. The quantitative estimate of drug-likeness (QED) is 0.589. The summed E-state index contributed by atoms with van der Waals surface area (Å²) in [6, 6.07) is 5.85. The standard InChI is InChI=1S/C22H28N4O4/c1-13(2)18-16-7-6-15(12-17(16)29-24-18)19-23-20(30-25-19)14-8-10-26(11-9-14)21(27)28-22(3,4)5/h6-7,12-14H,8-11H2,1-5H3. The summed E-state index contributed by atoms with van der Waals surface area (Å²) in [7, 11) is 0. The van der Waals surface area contributed by atoms with Crippen LogP contribution in [0.4, 0.5) is 4.79 Å². The Labute approximate surface area is 175 Å². The Bertz CT molecular complexity index is 1040. The van der Waals surface area contributed by atoms with Crippen LogP contribution in [0.1, 0.15) is 70.9 Å². The molecule has 0 atom stereocenters. The minimum absolute atomic E-state index is 0.131. The highest BCUT2D eigenvalue weighted by atomic mass is 16.6. The second-order valence-corrected chi connectivity index (χ2v) is 9.13. The van der Waals surface area contributed by atoms with Crippen molar-refractivity contribution >= 4 is 17.1 Å². The van der Waals surface area contributed by atoms with Gasteiger partial charge in [0.05, 0.1) is 5.69 Å². The number of carbonyl (C=O) groups is 1. The third-order valence-corrected chi connectivity index (χ3v) is 5.24. The summed E-state index contributed by atoms with van der Waals surface area (Å²) < 4.78 is 16.5. The van der Waals surface area contributed by atoms with Crippen molar-refractivity contribution in [1.29, 1.82) is 0 Å². The number of likely N-dealkylation sites (tertiary alicyclic amines) is 1. The summed E-state index contributed by atoms with van der Waals surface area (Å²) in [6.07, 6.45) is 1.26. The number of nitrogens with zero attached hydrogens (tertiary/aromatic N) is 4. The van der Waals surface area contributed by atoms with E-state index in [1.165, 1.54) is 0 Å². The summed E-state index contributed by atoms with van der Waals surface area (Å²) in [4.78, 5) is 18.6. The number of amides is 1. The second-order valence-electron chi connectivity index (χ2n) is 9.13. The smallest absolute Gasteiger partial charge is 0.410 e. The number of hydrogen-bond donors (Lipinski definition) is 0. The number of piperidine rings is 1. The van der Waals surface area contributed by atoms with Crippen molar-refractivity contribution in [2.24, 2.45) is 0 Å². The fourth-order valence-corrected chi connectivity index (χ4v) is 3.67. The first-order valence-corrected chi connectivity index (χ1v) is 10.4. The minimum Gasteiger partial charge on any atom is -0.444 e. The van der Waals surface area contributed by atoms with Crippen LogP contribution in [-0.4, -0.2) is 45.0 Å². The van der Waals surface area contributed by atoms with E-state index in [1.807, 2.05) is 39.0 Å².